The maximum Gasteiger partial charge on any atom is 0.305 e. The number of amides is 1. The third-order valence-corrected chi connectivity index (χ3v) is 15.4. The summed E-state index contributed by atoms with van der Waals surface area (Å²) in [6, 6.07) is -0.561. The largest absolute Gasteiger partial charge is 0.466 e. The van der Waals surface area contributed by atoms with E-state index in [4.69, 9.17) is 4.74 Å². The van der Waals surface area contributed by atoms with Crippen LogP contribution in [0.15, 0.2) is 48.6 Å². The van der Waals surface area contributed by atoms with Crippen molar-refractivity contribution < 1.29 is 24.5 Å². The highest BCUT2D eigenvalue weighted by atomic mass is 16.5. The lowest BCUT2D eigenvalue weighted by Gasteiger charge is -2.22. The predicted octanol–water partition coefficient (Wildman–Crippen LogP) is 21.3. The van der Waals surface area contributed by atoms with E-state index >= 15 is 0 Å². The summed E-state index contributed by atoms with van der Waals surface area (Å²) >= 11 is 0. The van der Waals surface area contributed by atoms with Gasteiger partial charge >= 0.3 is 5.97 Å². The van der Waals surface area contributed by atoms with Crippen LogP contribution in [0.25, 0.3) is 0 Å². The molecule has 2 unspecified atom stereocenters. The van der Waals surface area contributed by atoms with Gasteiger partial charge in [-0.3, -0.25) is 9.59 Å². The second kappa shape index (κ2) is 64.3. The van der Waals surface area contributed by atoms with E-state index in [0.29, 0.717) is 25.9 Å². The summed E-state index contributed by atoms with van der Waals surface area (Å²) in [6.07, 6.45) is 82.8. The van der Waals surface area contributed by atoms with Gasteiger partial charge in [-0.2, -0.15) is 0 Å². The number of rotatable bonds is 62. The molecule has 0 aromatic carbocycles. The molecule has 0 fully saturated rings. The molecule has 3 N–H and O–H groups in total. The van der Waals surface area contributed by atoms with E-state index in [-0.39, 0.29) is 18.5 Å². The molecule has 0 aliphatic rings. The minimum atomic E-state index is -0.682. The third kappa shape index (κ3) is 60.9. The van der Waals surface area contributed by atoms with Crippen molar-refractivity contribution in [3.8, 4) is 0 Å². The van der Waals surface area contributed by atoms with E-state index in [1.807, 2.05) is 0 Å². The summed E-state index contributed by atoms with van der Waals surface area (Å²) in [5.74, 6) is -0.0796. The molecule has 75 heavy (non-hydrogen) atoms. The van der Waals surface area contributed by atoms with Gasteiger partial charge < -0.3 is 20.3 Å². The van der Waals surface area contributed by atoms with Gasteiger partial charge in [-0.25, -0.2) is 0 Å². The van der Waals surface area contributed by atoms with Crippen molar-refractivity contribution in [2.24, 2.45) is 0 Å². The van der Waals surface area contributed by atoms with Gasteiger partial charge in [0.05, 0.1) is 25.4 Å². The number of hydrogen-bond donors (Lipinski definition) is 3. The Hall–Kier alpha value is -2.18. The van der Waals surface area contributed by atoms with E-state index in [1.165, 1.54) is 238 Å². The molecule has 0 spiro atoms. The molecular weight excluding hydrogens is 923 g/mol. The van der Waals surface area contributed by atoms with Crippen LogP contribution < -0.4 is 5.32 Å². The summed E-state index contributed by atoms with van der Waals surface area (Å²) in [7, 11) is 0. The number of carbonyl (C=O) groups is 2. The molecule has 440 valence electrons. The Morgan fingerprint density at radius 1 is 0.387 bits per heavy atom. The van der Waals surface area contributed by atoms with Crippen molar-refractivity contribution in [2.45, 2.75) is 366 Å². The Morgan fingerprint density at radius 2 is 0.707 bits per heavy atom. The number of allylic oxidation sites excluding steroid dienone is 8. The zero-order valence-corrected chi connectivity index (χ0v) is 50.3. The second-order valence-corrected chi connectivity index (χ2v) is 22.8. The molecule has 0 saturated carbocycles. The molecular formula is C69H129NO5. The summed E-state index contributed by atoms with van der Waals surface area (Å²) in [5.41, 5.74) is 0. The molecule has 0 bridgehead atoms. The van der Waals surface area contributed by atoms with Gasteiger partial charge in [-0.1, -0.05) is 300 Å². The lowest BCUT2D eigenvalue weighted by atomic mass is 10.0. The first-order chi connectivity index (χ1) is 37.0. The van der Waals surface area contributed by atoms with Gasteiger partial charge in [-0.15, -0.1) is 0 Å². The first-order valence-corrected chi connectivity index (χ1v) is 33.4. The van der Waals surface area contributed by atoms with Crippen LogP contribution in [0.2, 0.25) is 0 Å². The van der Waals surface area contributed by atoms with Gasteiger partial charge in [-0.05, 0) is 89.9 Å². The maximum absolute atomic E-state index is 12.5. The van der Waals surface area contributed by atoms with E-state index in [1.54, 1.807) is 0 Å². The zero-order valence-electron chi connectivity index (χ0n) is 50.3. The van der Waals surface area contributed by atoms with Crippen molar-refractivity contribution in [3.63, 3.8) is 0 Å². The number of carbonyl (C=O) groups excluding carboxylic acids is 2. The molecule has 6 heteroatoms. The smallest absolute Gasteiger partial charge is 0.305 e. The normalized spacial score (nSPS) is 12.9. The summed E-state index contributed by atoms with van der Waals surface area (Å²) in [4.78, 5) is 24.6. The fraction of sp³-hybridized carbons (Fsp3) is 0.855. The molecule has 0 radical (unpaired) electrons. The Balaban J connectivity index is 3.49. The highest BCUT2D eigenvalue weighted by Crippen LogP contribution is 2.18. The van der Waals surface area contributed by atoms with Crippen LogP contribution in [0.3, 0.4) is 0 Å². The van der Waals surface area contributed by atoms with Crippen molar-refractivity contribution in [1.29, 1.82) is 0 Å². The Morgan fingerprint density at radius 3 is 1.12 bits per heavy atom. The van der Waals surface area contributed by atoms with Gasteiger partial charge in [0.15, 0.2) is 0 Å². The van der Waals surface area contributed by atoms with Gasteiger partial charge in [0.2, 0.25) is 5.91 Å². The molecule has 0 saturated heterocycles. The van der Waals surface area contributed by atoms with Gasteiger partial charge in [0.1, 0.15) is 0 Å². The average Bonchev–Trinajstić information content (AvgIpc) is 3.41. The van der Waals surface area contributed by atoms with Crippen LogP contribution in [0.1, 0.15) is 354 Å². The lowest BCUT2D eigenvalue weighted by molar-refractivity contribution is -0.143. The van der Waals surface area contributed by atoms with Gasteiger partial charge in [0, 0.05) is 12.8 Å². The van der Waals surface area contributed by atoms with Crippen molar-refractivity contribution in [3.05, 3.63) is 48.6 Å². The Bertz CT molecular complexity index is 1260. The first kappa shape index (κ1) is 72.8. The van der Waals surface area contributed by atoms with E-state index in [9.17, 15) is 19.8 Å². The third-order valence-electron chi connectivity index (χ3n) is 15.4. The van der Waals surface area contributed by atoms with Crippen LogP contribution in [0.4, 0.5) is 0 Å². The SMILES string of the molecule is CCCCC/C=C\C/C=C\CCCCCCCCCCCC(=O)OCCCCC/C=C\C=C/CCCCCCCCC(=O)NC(CO)C(O)CCCCCCCCCCCCCCCCCCCCCCCCCC. The van der Waals surface area contributed by atoms with Gasteiger partial charge in [0.25, 0.3) is 0 Å². The molecule has 1 amide bonds. The number of ether oxygens (including phenoxy) is 1. The lowest BCUT2D eigenvalue weighted by Crippen LogP contribution is -2.45. The summed E-state index contributed by atoms with van der Waals surface area (Å²) in [5, 5.41) is 23.4. The van der Waals surface area contributed by atoms with Crippen LogP contribution in [-0.4, -0.2) is 47.4 Å². The number of hydrogen-bond acceptors (Lipinski definition) is 5. The fourth-order valence-electron chi connectivity index (χ4n) is 10.3. The minimum absolute atomic E-state index is 0.0249. The summed E-state index contributed by atoms with van der Waals surface area (Å²) < 4.78 is 5.47. The number of esters is 1. The predicted molar refractivity (Wildman–Crippen MR) is 329 cm³/mol. The van der Waals surface area contributed by atoms with Crippen molar-refractivity contribution >= 4 is 11.9 Å². The Kier molecular flexibility index (Phi) is 62.5. The van der Waals surface area contributed by atoms with Crippen LogP contribution in [0, 0.1) is 0 Å². The fourth-order valence-corrected chi connectivity index (χ4v) is 10.3. The molecule has 2 atom stereocenters. The molecule has 6 nitrogen and oxygen atoms in total. The first-order valence-electron chi connectivity index (χ1n) is 33.4. The van der Waals surface area contributed by atoms with Crippen LogP contribution in [0.5, 0.6) is 0 Å². The molecule has 0 aromatic rings. The van der Waals surface area contributed by atoms with E-state index in [2.05, 4.69) is 67.8 Å². The van der Waals surface area contributed by atoms with Crippen molar-refractivity contribution in [2.75, 3.05) is 13.2 Å². The molecule has 0 aliphatic carbocycles. The van der Waals surface area contributed by atoms with E-state index in [0.717, 1.165) is 83.5 Å². The quantitative estimate of drug-likeness (QED) is 0.0244. The van der Waals surface area contributed by atoms with Crippen LogP contribution in [-0.2, 0) is 14.3 Å². The highest BCUT2D eigenvalue weighted by molar-refractivity contribution is 5.76. The number of unbranched alkanes of at least 4 members (excludes halogenated alkanes) is 44. The minimum Gasteiger partial charge on any atom is -0.466 e. The molecule has 0 aliphatic heterocycles. The highest BCUT2D eigenvalue weighted by Gasteiger charge is 2.20. The zero-order chi connectivity index (χ0) is 54.3. The number of nitrogens with one attached hydrogen (secondary N) is 1. The molecule has 0 heterocycles. The standard InChI is InChI=1S/C69H129NO5/c1-3-5-7-9-11-13-15-17-19-21-23-24-25-26-27-29-30-33-37-41-45-49-53-57-61-67(72)66(65-71)70-68(73)62-58-54-50-46-42-38-34-32-36-40-44-48-52-56-60-64-75-69(74)63-59-55-51-47-43-39-35-31-28-22-20-18-16-14-12-10-8-6-4-2/h12,14,18,20,32,36,40,44,66-67,71-72H,3-11,13,15-17,19,21-31,33-35,37-39,41-43,45-65H2,1-2H3,(H,70,73)/b14-12-,20-18-,36-32-,44-40-. The number of aliphatic hydroxyl groups is 2. The number of aliphatic hydroxyl groups excluding tert-OH is 2. The van der Waals surface area contributed by atoms with E-state index < -0.39 is 12.1 Å². The topological polar surface area (TPSA) is 95.9 Å². The van der Waals surface area contributed by atoms with Crippen LogP contribution >= 0.6 is 0 Å². The van der Waals surface area contributed by atoms with Crippen molar-refractivity contribution in [1.82, 2.24) is 5.32 Å². The Labute approximate surface area is 467 Å². The molecule has 0 rings (SSSR count). The second-order valence-electron chi connectivity index (χ2n) is 22.8. The summed E-state index contributed by atoms with van der Waals surface area (Å²) in [6.45, 7) is 4.89. The average molecular weight is 1050 g/mol. The monoisotopic (exact) mass is 1050 g/mol. The maximum atomic E-state index is 12.5. The molecule has 0 aromatic heterocycles.